The Kier molecular flexibility index (Phi) is 4.96. The number of carbonyl (C=O) groups is 1. The van der Waals surface area contributed by atoms with E-state index < -0.39 is 18.0 Å². The third-order valence-electron chi connectivity index (χ3n) is 3.54. The molecule has 0 aliphatic carbocycles. The second-order valence-electron chi connectivity index (χ2n) is 5.08. The predicted molar refractivity (Wildman–Crippen MR) is 76.3 cm³/mol. The van der Waals surface area contributed by atoms with Crippen molar-refractivity contribution in [3.63, 3.8) is 0 Å². The van der Waals surface area contributed by atoms with E-state index in [1.165, 1.54) is 18.2 Å². The molecule has 20 heavy (non-hydrogen) atoms. The van der Waals surface area contributed by atoms with Gasteiger partial charge in [-0.1, -0.05) is 11.6 Å². The number of β-amino-alcohol motifs (C(OH)–C–C–N with tert-alkyl or cyclic N) is 1. The second-order valence-corrected chi connectivity index (χ2v) is 5.52. The van der Waals surface area contributed by atoms with Crippen molar-refractivity contribution >= 4 is 23.2 Å². The predicted octanol–water partition coefficient (Wildman–Crippen LogP) is 2.26. The van der Waals surface area contributed by atoms with Crippen molar-refractivity contribution in [3.05, 3.63) is 29.0 Å². The van der Waals surface area contributed by atoms with Crippen LogP contribution in [0.5, 0.6) is 0 Å². The summed E-state index contributed by atoms with van der Waals surface area (Å²) in [4.78, 5) is 14.0. The molecule has 1 aromatic carbocycles. The highest BCUT2D eigenvalue weighted by Crippen LogP contribution is 2.20. The van der Waals surface area contributed by atoms with Crippen LogP contribution in [0.1, 0.15) is 19.8 Å². The number of anilines is 1. The van der Waals surface area contributed by atoms with Crippen LogP contribution < -0.4 is 5.32 Å². The van der Waals surface area contributed by atoms with Crippen LogP contribution in [0.15, 0.2) is 18.2 Å². The van der Waals surface area contributed by atoms with Crippen LogP contribution in [-0.2, 0) is 4.79 Å². The molecule has 2 rings (SSSR count). The Bertz CT molecular complexity index is 498. The molecule has 1 saturated heterocycles. The molecule has 0 radical (unpaired) electrons. The van der Waals surface area contributed by atoms with Gasteiger partial charge in [-0.15, -0.1) is 0 Å². The second kappa shape index (κ2) is 6.52. The number of aliphatic hydroxyl groups excluding tert-OH is 1. The Morgan fingerprint density at radius 3 is 3.05 bits per heavy atom. The third kappa shape index (κ3) is 3.69. The number of aliphatic hydroxyl groups is 1. The number of nitrogens with one attached hydrogen (secondary N) is 1. The van der Waals surface area contributed by atoms with Gasteiger partial charge in [-0.05, 0) is 44.5 Å². The first-order valence-corrected chi connectivity index (χ1v) is 7.03. The zero-order valence-corrected chi connectivity index (χ0v) is 12.0. The fourth-order valence-corrected chi connectivity index (χ4v) is 2.50. The van der Waals surface area contributed by atoms with Gasteiger partial charge < -0.3 is 10.4 Å². The fraction of sp³-hybridized carbons (Fsp3) is 0.500. The molecule has 0 bridgehead atoms. The molecular weight excluding hydrogens is 283 g/mol. The van der Waals surface area contributed by atoms with Crippen LogP contribution in [-0.4, -0.2) is 41.1 Å². The van der Waals surface area contributed by atoms with Gasteiger partial charge in [-0.25, -0.2) is 4.39 Å². The molecule has 1 aromatic rings. The first kappa shape index (κ1) is 15.2. The van der Waals surface area contributed by atoms with Crippen molar-refractivity contribution in [2.75, 3.05) is 18.4 Å². The average Bonchev–Trinajstić information content (AvgIpc) is 2.42. The van der Waals surface area contributed by atoms with Gasteiger partial charge in [0.2, 0.25) is 5.91 Å². The Hall–Kier alpha value is -1.17. The van der Waals surface area contributed by atoms with Crippen LogP contribution in [0.25, 0.3) is 0 Å². The molecule has 2 unspecified atom stereocenters. The maximum absolute atomic E-state index is 13.6. The highest BCUT2D eigenvalue weighted by atomic mass is 35.5. The topological polar surface area (TPSA) is 52.6 Å². The largest absolute Gasteiger partial charge is 0.392 e. The lowest BCUT2D eigenvalue weighted by Crippen LogP contribution is -2.48. The van der Waals surface area contributed by atoms with Crippen molar-refractivity contribution in [1.29, 1.82) is 0 Å². The standard InChI is InChI=1S/C14H18ClFN2O2/c1-9(18-6-2-3-11(19)8-18)14(20)17-13-7-10(15)4-5-12(13)16/h4-5,7,9,11,19H,2-3,6,8H2,1H3,(H,17,20). The minimum absolute atomic E-state index is 0.0758. The summed E-state index contributed by atoms with van der Waals surface area (Å²) in [6.07, 6.45) is 1.21. The van der Waals surface area contributed by atoms with Crippen LogP contribution in [0.2, 0.25) is 5.02 Å². The molecular formula is C14H18ClFN2O2. The lowest BCUT2D eigenvalue weighted by Gasteiger charge is -2.33. The first-order valence-electron chi connectivity index (χ1n) is 6.65. The number of piperidine rings is 1. The highest BCUT2D eigenvalue weighted by molar-refractivity contribution is 6.30. The molecule has 1 amide bonds. The maximum atomic E-state index is 13.6. The normalized spacial score (nSPS) is 21.5. The van der Waals surface area contributed by atoms with Crippen molar-refractivity contribution in [1.82, 2.24) is 4.90 Å². The number of amides is 1. The number of hydrogen-bond donors (Lipinski definition) is 2. The number of benzene rings is 1. The van der Waals surface area contributed by atoms with E-state index in [0.29, 0.717) is 11.6 Å². The van der Waals surface area contributed by atoms with Crippen LogP contribution in [0.3, 0.4) is 0 Å². The molecule has 4 nitrogen and oxygen atoms in total. The molecule has 6 heteroatoms. The lowest BCUT2D eigenvalue weighted by atomic mass is 10.1. The number of carbonyl (C=O) groups excluding carboxylic acids is 1. The quantitative estimate of drug-likeness (QED) is 0.900. The summed E-state index contributed by atoms with van der Waals surface area (Å²) < 4.78 is 13.6. The lowest BCUT2D eigenvalue weighted by molar-refractivity contribution is -0.121. The van der Waals surface area contributed by atoms with Gasteiger partial charge in [0, 0.05) is 11.6 Å². The van der Waals surface area contributed by atoms with E-state index in [9.17, 15) is 14.3 Å². The van der Waals surface area contributed by atoms with E-state index in [2.05, 4.69) is 5.32 Å². The van der Waals surface area contributed by atoms with E-state index in [1.807, 2.05) is 4.90 Å². The third-order valence-corrected chi connectivity index (χ3v) is 3.78. The molecule has 2 atom stereocenters. The van der Waals surface area contributed by atoms with Gasteiger partial charge in [-0.2, -0.15) is 0 Å². The van der Waals surface area contributed by atoms with Crippen LogP contribution in [0, 0.1) is 5.82 Å². The van der Waals surface area contributed by atoms with Gasteiger partial charge in [0.25, 0.3) is 0 Å². The van der Waals surface area contributed by atoms with Gasteiger partial charge in [0.05, 0.1) is 17.8 Å². The number of hydrogen-bond acceptors (Lipinski definition) is 3. The number of likely N-dealkylation sites (tertiary alicyclic amines) is 1. The molecule has 1 aliphatic heterocycles. The van der Waals surface area contributed by atoms with E-state index in [-0.39, 0.29) is 11.6 Å². The molecule has 0 spiro atoms. The van der Waals surface area contributed by atoms with E-state index >= 15 is 0 Å². The Balaban J connectivity index is 2.02. The van der Waals surface area contributed by atoms with E-state index in [0.717, 1.165) is 19.4 Å². The Labute approximate surface area is 122 Å². The molecule has 0 aromatic heterocycles. The van der Waals surface area contributed by atoms with Gasteiger partial charge in [0.15, 0.2) is 0 Å². The zero-order valence-electron chi connectivity index (χ0n) is 11.3. The SMILES string of the molecule is CC(C(=O)Nc1cc(Cl)ccc1F)N1CCCC(O)C1. The summed E-state index contributed by atoms with van der Waals surface area (Å²) >= 11 is 5.79. The Morgan fingerprint density at radius 2 is 2.35 bits per heavy atom. The maximum Gasteiger partial charge on any atom is 0.241 e. The molecule has 110 valence electrons. The summed E-state index contributed by atoms with van der Waals surface area (Å²) in [6, 6.07) is 3.60. The molecule has 1 heterocycles. The summed E-state index contributed by atoms with van der Waals surface area (Å²) in [7, 11) is 0. The van der Waals surface area contributed by atoms with E-state index in [1.54, 1.807) is 6.92 Å². The summed E-state index contributed by atoms with van der Waals surface area (Å²) in [5.74, 6) is -0.825. The summed E-state index contributed by atoms with van der Waals surface area (Å²) in [6.45, 7) is 2.96. The number of rotatable bonds is 3. The summed E-state index contributed by atoms with van der Waals surface area (Å²) in [5, 5.41) is 12.5. The highest BCUT2D eigenvalue weighted by Gasteiger charge is 2.26. The zero-order chi connectivity index (χ0) is 14.7. The molecule has 0 saturated carbocycles. The van der Waals surface area contributed by atoms with Crippen LogP contribution in [0.4, 0.5) is 10.1 Å². The fourth-order valence-electron chi connectivity index (χ4n) is 2.33. The van der Waals surface area contributed by atoms with Gasteiger partial charge >= 0.3 is 0 Å². The van der Waals surface area contributed by atoms with Crippen LogP contribution >= 0.6 is 11.6 Å². The van der Waals surface area contributed by atoms with Gasteiger partial charge in [0.1, 0.15) is 5.82 Å². The Morgan fingerprint density at radius 1 is 1.60 bits per heavy atom. The van der Waals surface area contributed by atoms with E-state index in [4.69, 9.17) is 11.6 Å². The smallest absolute Gasteiger partial charge is 0.241 e. The number of halogens is 2. The molecule has 1 aliphatic rings. The minimum Gasteiger partial charge on any atom is -0.392 e. The van der Waals surface area contributed by atoms with Crippen molar-refractivity contribution in [3.8, 4) is 0 Å². The van der Waals surface area contributed by atoms with Crippen molar-refractivity contribution < 1.29 is 14.3 Å². The minimum atomic E-state index is -0.520. The average molecular weight is 301 g/mol. The summed E-state index contributed by atoms with van der Waals surface area (Å²) in [5.41, 5.74) is 0.0758. The van der Waals surface area contributed by atoms with Crippen molar-refractivity contribution in [2.24, 2.45) is 0 Å². The molecule has 2 N–H and O–H groups in total. The number of nitrogens with zero attached hydrogens (tertiary/aromatic N) is 1. The molecule has 1 fully saturated rings. The van der Waals surface area contributed by atoms with Gasteiger partial charge in [-0.3, -0.25) is 9.69 Å². The van der Waals surface area contributed by atoms with Crippen molar-refractivity contribution in [2.45, 2.75) is 31.9 Å². The first-order chi connectivity index (χ1) is 9.47. The monoisotopic (exact) mass is 300 g/mol.